The molecule has 5 heteroatoms. The van der Waals surface area contributed by atoms with E-state index in [2.05, 4.69) is 22.1 Å². The van der Waals surface area contributed by atoms with Crippen LogP contribution < -0.4 is 10.2 Å². The van der Waals surface area contributed by atoms with Gasteiger partial charge >= 0.3 is 0 Å². The number of amides is 1. The molecule has 0 aliphatic carbocycles. The molecule has 1 aromatic rings. The van der Waals surface area contributed by atoms with E-state index in [0.717, 1.165) is 44.7 Å². The highest BCUT2D eigenvalue weighted by Crippen LogP contribution is 2.12. The van der Waals surface area contributed by atoms with Gasteiger partial charge in [-0.05, 0) is 31.4 Å². The van der Waals surface area contributed by atoms with Crippen LogP contribution in [0.15, 0.2) is 18.3 Å². The maximum absolute atomic E-state index is 12.0. The van der Waals surface area contributed by atoms with E-state index in [1.807, 2.05) is 19.2 Å². The number of unbranched alkanes of at least 4 members (excludes halogenated alkanes) is 1. The number of nitrogens with zero attached hydrogens (tertiary/aromatic N) is 2. The second-order valence-electron chi connectivity index (χ2n) is 5.53. The molecule has 0 spiro atoms. The molecule has 1 N–H and O–H groups in total. The first-order valence-electron chi connectivity index (χ1n) is 7.77. The standard InChI is InChI=1S/C16H25N3O2/c1-3-4-9-19(2)15-8-7-13(11-17-15)16(20)18-12-14-6-5-10-21-14/h7-8,11,14H,3-6,9-10,12H2,1-2H3,(H,18,20). The van der Waals surface area contributed by atoms with Gasteiger partial charge in [0.25, 0.3) is 5.91 Å². The Bertz CT molecular complexity index is 441. The number of hydrogen-bond donors (Lipinski definition) is 1. The zero-order valence-electron chi connectivity index (χ0n) is 13.0. The fourth-order valence-electron chi connectivity index (χ4n) is 2.37. The third-order valence-electron chi connectivity index (χ3n) is 3.76. The van der Waals surface area contributed by atoms with Gasteiger partial charge in [0.2, 0.25) is 0 Å². The molecule has 1 amide bonds. The molecule has 1 fully saturated rings. The highest BCUT2D eigenvalue weighted by atomic mass is 16.5. The van der Waals surface area contributed by atoms with Gasteiger partial charge in [0, 0.05) is 32.9 Å². The van der Waals surface area contributed by atoms with Crippen molar-refractivity contribution >= 4 is 11.7 Å². The SMILES string of the molecule is CCCCN(C)c1ccc(C(=O)NCC2CCCO2)cn1. The van der Waals surface area contributed by atoms with E-state index in [4.69, 9.17) is 4.74 Å². The molecule has 2 heterocycles. The fourth-order valence-corrected chi connectivity index (χ4v) is 2.37. The van der Waals surface area contributed by atoms with Crippen LogP contribution in [0.4, 0.5) is 5.82 Å². The molecule has 21 heavy (non-hydrogen) atoms. The van der Waals surface area contributed by atoms with Gasteiger partial charge < -0.3 is 15.0 Å². The molecule has 1 unspecified atom stereocenters. The van der Waals surface area contributed by atoms with Gasteiger partial charge in [-0.25, -0.2) is 4.98 Å². The monoisotopic (exact) mass is 291 g/mol. The summed E-state index contributed by atoms with van der Waals surface area (Å²) in [6.07, 6.45) is 6.22. The van der Waals surface area contributed by atoms with Gasteiger partial charge in [-0.15, -0.1) is 0 Å². The van der Waals surface area contributed by atoms with E-state index in [1.54, 1.807) is 6.20 Å². The molecule has 1 aliphatic rings. The third-order valence-corrected chi connectivity index (χ3v) is 3.76. The molecular formula is C16H25N3O2. The van der Waals surface area contributed by atoms with Crippen LogP contribution in [0.2, 0.25) is 0 Å². The van der Waals surface area contributed by atoms with Gasteiger partial charge in [-0.1, -0.05) is 13.3 Å². The predicted molar refractivity (Wildman–Crippen MR) is 83.7 cm³/mol. The summed E-state index contributed by atoms with van der Waals surface area (Å²) in [5, 5.41) is 2.91. The summed E-state index contributed by atoms with van der Waals surface area (Å²) in [6.45, 7) is 4.54. The molecule has 1 aliphatic heterocycles. The number of anilines is 1. The largest absolute Gasteiger partial charge is 0.376 e. The van der Waals surface area contributed by atoms with Crippen molar-refractivity contribution in [3.8, 4) is 0 Å². The summed E-state index contributed by atoms with van der Waals surface area (Å²) in [6, 6.07) is 3.73. The molecule has 0 aromatic carbocycles. The van der Waals surface area contributed by atoms with Crippen LogP contribution in [0.3, 0.4) is 0 Å². The summed E-state index contributed by atoms with van der Waals surface area (Å²) < 4.78 is 5.49. The van der Waals surface area contributed by atoms with Crippen molar-refractivity contribution in [2.24, 2.45) is 0 Å². The minimum Gasteiger partial charge on any atom is -0.376 e. The third kappa shape index (κ3) is 4.70. The zero-order chi connectivity index (χ0) is 15.1. The maximum atomic E-state index is 12.0. The van der Waals surface area contributed by atoms with Gasteiger partial charge in [0.15, 0.2) is 0 Å². The summed E-state index contributed by atoms with van der Waals surface area (Å²) >= 11 is 0. The van der Waals surface area contributed by atoms with Crippen LogP contribution in [-0.4, -0.2) is 43.7 Å². The van der Waals surface area contributed by atoms with Crippen LogP contribution in [0.1, 0.15) is 43.0 Å². The second-order valence-corrected chi connectivity index (χ2v) is 5.53. The van der Waals surface area contributed by atoms with Crippen molar-refractivity contribution in [1.29, 1.82) is 0 Å². The van der Waals surface area contributed by atoms with E-state index >= 15 is 0 Å². The summed E-state index contributed by atoms with van der Waals surface area (Å²) in [5.41, 5.74) is 0.598. The second kappa shape index (κ2) is 7.98. The first-order chi connectivity index (χ1) is 10.2. The minimum atomic E-state index is -0.0826. The molecule has 2 rings (SSSR count). The van der Waals surface area contributed by atoms with E-state index in [9.17, 15) is 4.79 Å². The van der Waals surface area contributed by atoms with Crippen molar-refractivity contribution in [1.82, 2.24) is 10.3 Å². The van der Waals surface area contributed by atoms with E-state index in [0.29, 0.717) is 12.1 Å². The molecule has 1 atom stereocenters. The first-order valence-corrected chi connectivity index (χ1v) is 7.77. The van der Waals surface area contributed by atoms with Crippen molar-refractivity contribution in [2.75, 3.05) is 31.6 Å². The number of aromatic nitrogens is 1. The van der Waals surface area contributed by atoms with Gasteiger partial charge in [-0.2, -0.15) is 0 Å². The lowest BCUT2D eigenvalue weighted by Crippen LogP contribution is -2.31. The Morgan fingerprint density at radius 2 is 2.38 bits per heavy atom. The lowest BCUT2D eigenvalue weighted by atomic mass is 10.2. The van der Waals surface area contributed by atoms with Crippen LogP contribution in [0.25, 0.3) is 0 Å². The average molecular weight is 291 g/mol. The Kier molecular flexibility index (Phi) is 5.99. The summed E-state index contributed by atoms with van der Waals surface area (Å²) in [4.78, 5) is 18.5. The lowest BCUT2D eigenvalue weighted by molar-refractivity contribution is 0.0857. The number of ether oxygens (including phenoxy) is 1. The Labute approximate surface area is 126 Å². The van der Waals surface area contributed by atoms with Crippen LogP contribution in [0, 0.1) is 0 Å². The highest BCUT2D eigenvalue weighted by Gasteiger charge is 2.16. The number of carbonyl (C=O) groups is 1. The van der Waals surface area contributed by atoms with E-state index < -0.39 is 0 Å². The summed E-state index contributed by atoms with van der Waals surface area (Å²) in [5.74, 6) is 0.819. The number of pyridine rings is 1. The Morgan fingerprint density at radius 1 is 1.52 bits per heavy atom. The fraction of sp³-hybridized carbons (Fsp3) is 0.625. The van der Waals surface area contributed by atoms with Crippen LogP contribution in [0.5, 0.6) is 0 Å². The molecule has 116 valence electrons. The van der Waals surface area contributed by atoms with Gasteiger partial charge in [0.05, 0.1) is 11.7 Å². The van der Waals surface area contributed by atoms with Crippen LogP contribution >= 0.6 is 0 Å². The van der Waals surface area contributed by atoms with Crippen LogP contribution in [-0.2, 0) is 4.74 Å². The molecule has 0 saturated carbocycles. The Hall–Kier alpha value is -1.62. The quantitative estimate of drug-likeness (QED) is 0.837. The van der Waals surface area contributed by atoms with Gasteiger partial charge in [-0.3, -0.25) is 4.79 Å². The maximum Gasteiger partial charge on any atom is 0.252 e. The number of carbonyl (C=O) groups excluding carboxylic acids is 1. The van der Waals surface area contributed by atoms with Crippen molar-refractivity contribution in [3.05, 3.63) is 23.9 Å². The normalized spacial score (nSPS) is 17.7. The van der Waals surface area contributed by atoms with Gasteiger partial charge in [0.1, 0.15) is 5.82 Å². The first kappa shape index (κ1) is 15.8. The molecule has 0 radical (unpaired) electrons. The predicted octanol–water partition coefficient (Wildman–Crippen LogP) is 2.23. The lowest BCUT2D eigenvalue weighted by Gasteiger charge is -2.17. The molecule has 1 saturated heterocycles. The smallest absolute Gasteiger partial charge is 0.252 e. The van der Waals surface area contributed by atoms with Crippen molar-refractivity contribution < 1.29 is 9.53 Å². The minimum absolute atomic E-state index is 0.0826. The van der Waals surface area contributed by atoms with E-state index in [-0.39, 0.29) is 12.0 Å². The van der Waals surface area contributed by atoms with Crippen molar-refractivity contribution in [2.45, 2.75) is 38.7 Å². The zero-order valence-corrected chi connectivity index (χ0v) is 13.0. The Balaban J connectivity index is 1.84. The Morgan fingerprint density at radius 3 is 3.00 bits per heavy atom. The number of rotatable bonds is 7. The highest BCUT2D eigenvalue weighted by molar-refractivity contribution is 5.94. The van der Waals surface area contributed by atoms with E-state index in [1.165, 1.54) is 0 Å². The topological polar surface area (TPSA) is 54.5 Å². The summed E-state index contributed by atoms with van der Waals surface area (Å²) in [7, 11) is 2.02. The average Bonchev–Trinajstić information content (AvgIpc) is 3.04. The molecule has 1 aromatic heterocycles. The van der Waals surface area contributed by atoms with Crippen molar-refractivity contribution in [3.63, 3.8) is 0 Å². The molecular weight excluding hydrogens is 266 g/mol. The number of nitrogens with one attached hydrogen (secondary N) is 1. The molecule has 5 nitrogen and oxygen atoms in total. The molecule has 0 bridgehead atoms. The number of hydrogen-bond acceptors (Lipinski definition) is 4.